The Bertz CT molecular complexity index is 571. The molecule has 0 bridgehead atoms. The second-order valence-corrected chi connectivity index (χ2v) is 7.60. The number of hydrogen-bond donors (Lipinski definition) is 0. The first-order valence-corrected chi connectivity index (χ1v) is 8.79. The van der Waals surface area contributed by atoms with Crippen LogP contribution >= 0.6 is 0 Å². The van der Waals surface area contributed by atoms with Gasteiger partial charge in [0.15, 0.2) is 0 Å². The molecule has 0 aromatic carbocycles. The van der Waals surface area contributed by atoms with Crippen molar-refractivity contribution in [3.63, 3.8) is 0 Å². The summed E-state index contributed by atoms with van der Waals surface area (Å²) in [5, 5.41) is 0. The lowest BCUT2D eigenvalue weighted by Gasteiger charge is -2.17. The Morgan fingerprint density at radius 3 is 2.78 bits per heavy atom. The van der Waals surface area contributed by atoms with Crippen molar-refractivity contribution in [2.75, 3.05) is 0 Å². The molecule has 2 heterocycles. The number of epoxide rings is 1. The fourth-order valence-electron chi connectivity index (χ4n) is 3.81. The molecule has 3 rings (SSSR count). The van der Waals surface area contributed by atoms with Gasteiger partial charge in [-0.2, -0.15) is 0 Å². The van der Waals surface area contributed by atoms with Gasteiger partial charge in [0.2, 0.25) is 0 Å². The molecule has 126 valence electrons. The molecular weight excluding hydrogens is 288 g/mol. The van der Waals surface area contributed by atoms with Crippen molar-refractivity contribution >= 4 is 5.97 Å². The Morgan fingerprint density at radius 1 is 1.22 bits per heavy atom. The van der Waals surface area contributed by atoms with Crippen LogP contribution in [0.25, 0.3) is 0 Å². The molecule has 4 atom stereocenters. The molecule has 2 aliphatic heterocycles. The number of rotatable bonds is 0. The van der Waals surface area contributed by atoms with Crippen LogP contribution in [0.2, 0.25) is 0 Å². The summed E-state index contributed by atoms with van der Waals surface area (Å²) < 4.78 is 11.5. The maximum Gasteiger partial charge on any atom is 0.334 e. The van der Waals surface area contributed by atoms with E-state index in [1.807, 2.05) is 0 Å². The van der Waals surface area contributed by atoms with Gasteiger partial charge in [-0.25, -0.2) is 4.79 Å². The molecule has 2 saturated heterocycles. The molecule has 0 amide bonds. The Labute approximate surface area is 139 Å². The average molecular weight is 316 g/mol. The largest absolute Gasteiger partial charge is 0.454 e. The van der Waals surface area contributed by atoms with Gasteiger partial charge in [-0.15, -0.1) is 0 Å². The van der Waals surface area contributed by atoms with Crippen LogP contribution in [-0.2, 0) is 14.3 Å². The van der Waals surface area contributed by atoms with Gasteiger partial charge < -0.3 is 9.47 Å². The van der Waals surface area contributed by atoms with E-state index in [0.717, 1.165) is 38.5 Å². The normalized spacial score (nSPS) is 43.2. The van der Waals surface area contributed by atoms with Crippen LogP contribution in [-0.4, -0.2) is 23.8 Å². The number of carbonyl (C=O) groups excluding carboxylic acids is 1. The van der Waals surface area contributed by atoms with Gasteiger partial charge in [0, 0.05) is 11.5 Å². The summed E-state index contributed by atoms with van der Waals surface area (Å²) in [7, 11) is 0. The smallest absolute Gasteiger partial charge is 0.334 e. The lowest BCUT2D eigenvalue weighted by Crippen LogP contribution is -2.19. The molecule has 0 aromatic heterocycles. The van der Waals surface area contributed by atoms with Gasteiger partial charge in [-0.3, -0.25) is 0 Å². The SMILES string of the molecule is C=C1C(=O)O[C@H]2/C=C(\C)CC/C=C(\C)CC[C@@H]3O[C@@]3(C)CC[C@@H]12. The molecule has 3 heteroatoms. The minimum Gasteiger partial charge on any atom is -0.454 e. The summed E-state index contributed by atoms with van der Waals surface area (Å²) in [6.45, 7) is 10.5. The number of esters is 1. The summed E-state index contributed by atoms with van der Waals surface area (Å²) in [5.41, 5.74) is 3.34. The van der Waals surface area contributed by atoms with Crippen LogP contribution in [0.15, 0.2) is 35.5 Å². The number of ether oxygens (including phenoxy) is 2. The van der Waals surface area contributed by atoms with E-state index in [4.69, 9.17) is 9.47 Å². The van der Waals surface area contributed by atoms with Gasteiger partial charge in [-0.1, -0.05) is 23.8 Å². The van der Waals surface area contributed by atoms with Gasteiger partial charge in [0.05, 0.1) is 11.7 Å². The van der Waals surface area contributed by atoms with Crippen molar-refractivity contribution in [2.24, 2.45) is 5.92 Å². The zero-order chi connectivity index (χ0) is 16.6. The highest BCUT2D eigenvalue weighted by atomic mass is 16.6. The molecule has 0 aromatic rings. The van der Waals surface area contributed by atoms with Crippen LogP contribution in [0.1, 0.15) is 59.3 Å². The monoisotopic (exact) mass is 316 g/mol. The number of hydrogen-bond acceptors (Lipinski definition) is 3. The Balaban J connectivity index is 1.79. The standard InChI is InChI=1S/C20H28O3/c1-13-6-5-7-14(2)12-17-16(15(3)19(21)22-17)10-11-20(4)18(23-20)9-8-13/h6,12,16-18H,3,5,7-11H2,1-2,4H3/b13-6+,14-12+/t16-,17-,18-,20-/m0/s1. The maximum atomic E-state index is 11.9. The molecule has 0 spiro atoms. The molecule has 1 aliphatic carbocycles. The quantitative estimate of drug-likeness (QED) is 0.286. The van der Waals surface area contributed by atoms with E-state index in [-0.39, 0.29) is 23.6 Å². The minimum absolute atomic E-state index is 0.0282. The molecule has 23 heavy (non-hydrogen) atoms. The third-order valence-electron chi connectivity index (χ3n) is 5.62. The first-order chi connectivity index (χ1) is 10.9. The highest BCUT2D eigenvalue weighted by Gasteiger charge is 2.52. The lowest BCUT2D eigenvalue weighted by atomic mass is 9.86. The number of fused-ring (bicyclic) bond motifs is 2. The summed E-state index contributed by atoms with van der Waals surface area (Å²) in [6, 6.07) is 0. The first kappa shape index (κ1) is 16.5. The fourth-order valence-corrected chi connectivity index (χ4v) is 3.81. The van der Waals surface area contributed by atoms with Crippen molar-refractivity contribution in [1.29, 1.82) is 0 Å². The van der Waals surface area contributed by atoms with Crippen LogP contribution in [0.5, 0.6) is 0 Å². The summed E-state index contributed by atoms with van der Waals surface area (Å²) in [6.07, 6.45) is 10.8. The molecule has 3 nitrogen and oxygen atoms in total. The highest BCUT2D eigenvalue weighted by molar-refractivity contribution is 5.91. The lowest BCUT2D eigenvalue weighted by molar-refractivity contribution is -0.137. The molecule has 0 radical (unpaired) electrons. The number of allylic oxidation sites excluding steroid dienone is 3. The predicted octanol–water partition coefficient (Wildman–Crippen LogP) is 4.49. The maximum absolute atomic E-state index is 11.9. The second-order valence-electron chi connectivity index (χ2n) is 7.60. The molecule has 3 aliphatic rings. The van der Waals surface area contributed by atoms with Gasteiger partial charge in [0.1, 0.15) is 6.10 Å². The van der Waals surface area contributed by atoms with Crippen LogP contribution < -0.4 is 0 Å². The zero-order valence-electron chi connectivity index (χ0n) is 14.6. The highest BCUT2D eigenvalue weighted by Crippen LogP contribution is 2.46. The molecule has 0 saturated carbocycles. The number of carbonyl (C=O) groups is 1. The van der Waals surface area contributed by atoms with E-state index in [9.17, 15) is 4.79 Å². The molecular formula is C20H28O3. The van der Waals surface area contributed by atoms with Crippen LogP contribution in [0.4, 0.5) is 0 Å². The van der Waals surface area contributed by atoms with Crippen LogP contribution in [0, 0.1) is 5.92 Å². The second kappa shape index (κ2) is 6.27. The van der Waals surface area contributed by atoms with E-state index in [2.05, 4.69) is 39.5 Å². The van der Waals surface area contributed by atoms with Gasteiger partial charge >= 0.3 is 5.97 Å². The van der Waals surface area contributed by atoms with Gasteiger partial charge in [-0.05, 0) is 65.4 Å². The summed E-state index contributed by atoms with van der Waals surface area (Å²) in [4.78, 5) is 11.9. The van der Waals surface area contributed by atoms with E-state index in [1.54, 1.807) is 0 Å². The van der Waals surface area contributed by atoms with Gasteiger partial charge in [0.25, 0.3) is 0 Å². The zero-order valence-corrected chi connectivity index (χ0v) is 14.6. The third-order valence-corrected chi connectivity index (χ3v) is 5.62. The fraction of sp³-hybridized carbons (Fsp3) is 0.650. The Kier molecular flexibility index (Phi) is 4.50. The van der Waals surface area contributed by atoms with E-state index >= 15 is 0 Å². The Hall–Kier alpha value is -1.35. The first-order valence-electron chi connectivity index (χ1n) is 8.79. The minimum atomic E-state index is -0.234. The predicted molar refractivity (Wildman–Crippen MR) is 91.0 cm³/mol. The molecule has 2 fully saturated rings. The average Bonchev–Trinajstić information content (AvgIpc) is 3.06. The topological polar surface area (TPSA) is 38.8 Å². The third kappa shape index (κ3) is 3.60. The Morgan fingerprint density at radius 2 is 2.00 bits per heavy atom. The van der Waals surface area contributed by atoms with E-state index in [1.165, 1.54) is 11.1 Å². The summed E-state index contributed by atoms with van der Waals surface area (Å²) in [5.74, 6) is -0.137. The van der Waals surface area contributed by atoms with Crippen molar-refractivity contribution in [3.05, 3.63) is 35.5 Å². The van der Waals surface area contributed by atoms with Crippen molar-refractivity contribution < 1.29 is 14.3 Å². The summed E-state index contributed by atoms with van der Waals surface area (Å²) >= 11 is 0. The van der Waals surface area contributed by atoms with E-state index in [0.29, 0.717) is 11.7 Å². The molecule has 0 unspecified atom stereocenters. The van der Waals surface area contributed by atoms with Crippen LogP contribution in [0.3, 0.4) is 0 Å². The van der Waals surface area contributed by atoms with E-state index < -0.39 is 0 Å². The molecule has 0 N–H and O–H groups in total. The van der Waals surface area contributed by atoms with Crippen molar-refractivity contribution in [2.45, 2.75) is 77.1 Å². The van der Waals surface area contributed by atoms with Crippen molar-refractivity contribution in [3.8, 4) is 0 Å². The van der Waals surface area contributed by atoms with Crippen molar-refractivity contribution in [1.82, 2.24) is 0 Å².